The van der Waals surface area contributed by atoms with Gasteiger partial charge in [0.1, 0.15) is 11.5 Å². The monoisotopic (exact) mass is 363 g/mol. The van der Waals surface area contributed by atoms with Gasteiger partial charge < -0.3 is 15.2 Å². The van der Waals surface area contributed by atoms with Crippen LogP contribution in [0.4, 0.5) is 0 Å². The highest BCUT2D eigenvalue weighted by Gasteiger charge is 2.12. The second-order valence-electron chi connectivity index (χ2n) is 4.61. The third-order valence-corrected chi connectivity index (χ3v) is 3.36. The molecule has 2 rings (SSSR count). The first kappa shape index (κ1) is 16.0. The average Bonchev–Trinajstić information content (AvgIpc) is 2.48. The summed E-state index contributed by atoms with van der Waals surface area (Å²) in [5.41, 5.74) is 6.37. The Morgan fingerprint density at radius 3 is 2.64 bits per heavy atom. The molecule has 2 N–H and O–H groups in total. The number of primary amides is 1. The van der Waals surface area contributed by atoms with Crippen molar-refractivity contribution in [3.63, 3.8) is 0 Å². The second kappa shape index (κ2) is 7.09. The van der Waals surface area contributed by atoms with E-state index in [-0.39, 0.29) is 6.61 Å². The summed E-state index contributed by atoms with van der Waals surface area (Å²) in [6, 6.07) is 11.8. The van der Waals surface area contributed by atoms with Crippen molar-refractivity contribution in [1.29, 1.82) is 0 Å². The van der Waals surface area contributed by atoms with Crippen LogP contribution < -0.4 is 15.2 Å². The minimum absolute atomic E-state index is 0.248. The zero-order chi connectivity index (χ0) is 16.1. The highest BCUT2D eigenvalue weighted by molar-refractivity contribution is 9.10. The number of hydrogen-bond donors (Lipinski definition) is 1. The van der Waals surface area contributed by atoms with Gasteiger partial charge in [0.15, 0.2) is 6.61 Å². The number of benzene rings is 2. The van der Waals surface area contributed by atoms with Gasteiger partial charge in [-0.05, 0) is 58.7 Å². The van der Waals surface area contributed by atoms with Crippen molar-refractivity contribution in [3.05, 3.63) is 58.1 Å². The molecule has 0 aliphatic carbocycles. The first-order valence-electron chi connectivity index (χ1n) is 6.45. The second-order valence-corrected chi connectivity index (χ2v) is 5.46. The van der Waals surface area contributed by atoms with E-state index in [1.165, 1.54) is 6.07 Å². The molecule has 0 unspecified atom stereocenters. The van der Waals surface area contributed by atoms with Crippen molar-refractivity contribution in [2.45, 2.75) is 6.92 Å². The highest BCUT2D eigenvalue weighted by atomic mass is 79.9. The quantitative estimate of drug-likeness (QED) is 0.654. The molecule has 0 atom stereocenters. The number of carbonyl (C=O) groups excluding carboxylic acids is 2. The summed E-state index contributed by atoms with van der Waals surface area (Å²) >= 11 is 3.35. The number of rotatable bonds is 5. The minimum Gasteiger partial charge on any atom is -0.484 e. The smallest absolute Gasteiger partial charge is 0.343 e. The summed E-state index contributed by atoms with van der Waals surface area (Å²) in [4.78, 5) is 22.8. The number of halogens is 1. The average molecular weight is 364 g/mol. The van der Waals surface area contributed by atoms with Gasteiger partial charge in [0.2, 0.25) is 0 Å². The molecule has 0 saturated heterocycles. The fourth-order valence-electron chi connectivity index (χ4n) is 1.71. The van der Waals surface area contributed by atoms with E-state index in [2.05, 4.69) is 15.9 Å². The number of hydrogen-bond acceptors (Lipinski definition) is 4. The molecule has 0 aliphatic rings. The largest absolute Gasteiger partial charge is 0.484 e. The lowest BCUT2D eigenvalue weighted by molar-refractivity contribution is -0.119. The van der Waals surface area contributed by atoms with Crippen LogP contribution >= 0.6 is 15.9 Å². The van der Waals surface area contributed by atoms with E-state index in [1.807, 2.05) is 19.1 Å². The molecule has 0 saturated carbocycles. The molecule has 0 heterocycles. The van der Waals surface area contributed by atoms with E-state index in [1.54, 1.807) is 24.3 Å². The SMILES string of the molecule is Cc1ccc(OC(=O)c2cccc(OCC(N)=O)c2)c(Br)c1. The van der Waals surface area contributed by atoms with Crippen molar-refractivity contribution in [2.24, 2.45) is 5.73 Å². The third kappa shape index (κ3) is 4.33. The van der Waals surface area contributed by atoms with Crippen LogP contribution in [-0.4, -0.2) is 18.5 Å². The van der Waals surface area contributed by atoms with Crippen LogP contribution in [0.15, 0.2) is 46.9 Å². The maximum Gasteiger partial charge on any atom is 0.343 e. The molecule has 0 fully saturated rings. The molecule has 0 bridgehead atoms. The van der Waals surface area contributed by atoms with Crippen molar-refractivity contribution in [1.82, 2.24) is 0 Å². The van der Waals surface area contributed by atoms with Gasteiger partial charge in [-0.25, -0.2) is 4.79 Å². The molecule has 1 amide bonds. The zero-order valence-corrected chi connectivity index (χ0v) is 13.4. The molecule has 22 heavy (non-hydrogen) atoms. The molecule has 2 aromatic carbocycles. The van der Waals surface area contributed by atoms with Crippen molar-refractivity contribution in [3.8, 4) is 11.5 Å². The lowest BCUT2D eigenvalue weighted by Crippen LogP contribution is -2.20. The molecule has 114 valence electrons. The van der Waals surface area contributed by atoms with Crippen molar-refractivity contribution in [2.75, 3.05) is 6.61 Å². The Morgan fingerprint density at radius 1 is 1.18 bits per heavy atom. The van der Waals surface area contributed by atoms with Gasteiger partial charge in [-0.15, -0.1) is 0 Å². The molecule has 6 heteroatoms. The first-order chi connectivity index (χ1) is 10.5. The number of nitrogens with two attached hydrogens (primary N) is 1. The van der Waals surface area contributed by atoms with E-state index < -0.39 is 11.9 Å². The molecular formula is C16H14BrNO4. The van der Waals surface area contributed by atoms with E-state index in [0.29, 0.717) is 21.5 Å². The van der Waals surface area contributed by atoms with Crippen LogP contribution in [0.5, 0.6) is 11.5 Å². The van der Waals surface area contributed by atoms with Gasteiger partial charge in [0, 0.05) is 0 Å². The fraction of sp³-hybridized carbons (Fsp3) is 0.125. The lowest BCUT2D eigenvalue weighted by atomic mass is 10.2. The Kier molecular flexibility index (Phi) is 5.16. The molecule has 0 radical (unpaired) electrons. The number of carbonyl (C=O) groups is 2. The summed E-state index contributed by atoms with van der Waals surface area (Å²) in [5, 5.41) is 0. The summed E-state index contributed by atoms with van der Waals surface area (Å²) in [7, 11) is 0. The molecule has 5 nitrogen and oxygen atoms in total. The van der Waals surface area contributed by atoms with Crippen LogP contribution in [0.1, 0.15) is 15.9 Å². The first-order valence-corrected chi connectivity index (χ1v) is 7.24. The predicted molar refractivity (Wildman–Crippen MR) is 85.0 cm³/mol. The van der Waals surface area contributed by atoms with Gasteiger partial charge in [0.05, 0.1) is 10.0 Å². The van der Waals surface area contributed by atoms with E-state index in [9.17, 15) is 9.59 Å². The van der Waals surface area contributed by atoms with Gasteiger partial charge in [0.25, 0.3) is 5.91 Å². The third-order valence-electron chi connectivity index (χ3n) is 2.74. The van der Waals surface area contributed by atoms with Crippen LogP contribution in [-0.2, 0) is 4.79 Å². The highest BCUT2D eigenvalue weighted by Crippen LogP contribution is 2.27. The molecule has 0 aromatic heterocycles. The maximum absolute atomic E-state index is 12.2. The Labute approximate surface area is 136 Å². The molecule has 2 aromatic rings. The lowest BCUT2D eigenvalue weighted by Gasteiger charge is -2.08. The van der Waals surface area contributed by atoms with Crippen LogP contribution in [0, 0.1) is 6.92 Å². The topological polar surface area (TPSA) is 78.6 Å². The van der Waals surface area contributed by atoms with Crippen LogP contribution in [0.25, 0.3) is 0 Å². The number of esters is 1. The summed E-state index contributed by atoms with van der Waals surface area (Å²) in [6.45, 7) is 1.69. The Balaban J connectivity index is 2.12. The van der Waals surface area contributed by atoms with Crippen LogP contribution in [0.2, 0.25) is 0 Å². The summed E-state index contributed by atoms with van der Waals surface area (Å²) in [6.07, 6.45) is 0. The van der Waals surface area contributed by atoms with E-state index in [4.69, 9.17) is 15.2 Å². The van der Waals surface area contributed by atoms with Gasteiger partial charge in [-0.3, -0.25) is 4.79 Å². The predicted octanol–water partition coefficient (Wildman–Crippen LogP) is 2.84. The molecule has 0 spiro atoms. The van der Waals surface area contributed by atoms with Crippen molar-refractivity contribution >= 4 is 27.8 Å². The number of aryl methyl sites for hydroxylation is 1. The zero-order valence-electron chi connectivity index (χ0n) is 11.8. The van der Waals surface area contributed by atoms with Gasteiger partial charge >= 0.3 is 5.97 Å². The maximum atomic E-state index is 12.2. The van der Waals surface area contributed by atoms with Crippen LogP contribution in [0.3, 0.4) is 0 Å². The van der Waals surface area contributed by atoms with Gasteiger partial charge in [-0.1, -0.05) is 12.1 Å². The normalized spacial score (nSPS) is 10.1. The van der Waals surface area contributed by atoms with Crippen molar-refractivity contribution < 1.29 is 19.1 Å². The standard InChI is InChI=1S/C16H14BrNO4/c1-10-5-6-14(13(17)7-10)22-16(20)11-3-2-4-12(8-11)21-9-15(18)19/h2-8H,9H2,1H3,(H2,18,19). The Hall–Kier alpha value is -2.34. The molecular weight excluding hydrogens is 350 g/mol. The van der Waals surface area contributed by atoms with Gasteiger partial charge in [-0.2, -0.15) is 0 Å². The molecule has 0 aliphatic heterocycles. The Morgan fingerprint density at radius 2 is 1.95 bits per heavy atom. The fourth-order valence-corrected chi connectivity index (χ4v) is 2.29. The number of amides is 1. The summed E-state index contributed by atoms with van der Waals surface area (Å²) < 4.78 is 11.2. The minimum atomic E-state index is -0.587. The van der Waals surface area contributed by atoms with E-state index >= 15 is 0 Å². The number of ether oxygens (including phenoxy) is 2. The van der Waals surface area contributed by atoms with E-state index in [0.717, 1.165) is 5.56 Å². The Bertz CT molecular complexity index is 715. The summed E-state index contributed by atoms with van der Waals surface area (Å²) in [5.74, 6) is -0.305.